The second kappa shape index (κ2) is 18.7. The van der Waals surface area contributed by atoms with Crippen molar-refractivity contribution in [2.24, 2.45) is 46.3 Å². The van der Waals surface area contributed by atoms with E-state index < -0.39 is 16.1 Å². The molecule has 2 aliphatic heterocycles. The van der Waals surface area contributed by atoms with Gasteiger partial charge in [0.05, 0.1) is 31.8 Å². The maximum atomic E-state index is 9.87. The molecule has 0 amide bonds. The van der Waals surface area contributed by atoms with E-state index in [2.05, 4.69) is 149 Å². The van der Waals surface area contributed by atoms with Crippen LogP contribution in [0, 0.1) is 46.3 Å². The average molecular weight is 968 g/mol. The minimum atomic E-state index is -10.7. The fourth-order valence-electron chi connectivity index (χ4n) is 14.0. The zero-order valence-corrected chi connectivity index (χ0v) is 43.3. The van der Waals surface area contributed by atoms with Crippen LogP contribution in [-0.2, 0) is 4.43 Å². The normalized spacial score (nSPS) is 33.0. The number of rotatable bonds is 13. The van der Waals surface area contributed by atoms with Crippen LogP contribution in [0.5, 0.6) is 0 Å². The Hall–Kier alpha value is -2.01. The van der Waals surface area contributed by atoms with Gasteiger partial charge in [0.25, 0.3) is 8.32 Å². The van der Waals surface area contributed by atoms with E-state index in [0.717, 1.165) is 66.9 Å². The molecular weight excluding hydrogens is 888 g/mol. The third-order valence-electron chi connectivity index (χ3n) is 17.2. The first-order valence-corrected chi connectivity index (χ1v) is 30.0. The van der Waals surface area contributed by atoms with E-state index in [0.29, 0.717) is 22.9 Å². The maximum absolute atomic E-state index is 10.7. The molecule has 65 heavy (non-hydrogen) atoms. The van der Waals surface area contributed by atoms with Gasteiger partial charge in [-0.2, -0.15) is 11.8 Å². The van der Waals surface area contributed by atoms with Crippen molar-refractivity contribution in [1.82, 2.24) is 10.6 Å². The monoisotopic (exact) mass is 968 g/mol. The summed E-state index contributed by atoms with van der Waals surface area (Å²) in [5, 5.41) is 11.5. The third kappa shape index (κ3) is 12.1. The van der Waals surface area contributed by atoms with Gasteiger partial charge in [-0.3, -0.25) is 15.2 Å². The van der Waals surface area contributed by atoms with Gasteiger partial charge in [-0.15, -0.1) is 0 Å². The van der Waals surface area contributed by atoms with Crippen LogP contribution >= 0.6 is 19.6 Å². The number of nitrogens with one attached hydrogen (secondary N) is 2. The van der Waals surface area contributed by atoms with Crippen molar-refractivity contribution >= 4 is 44.2 Å². The van der Waals surface area contributed by atoms with Crippen LogP contribution in [-0.4, -0.2) is 61.6 Å². The van der Waals surface area contributed by atoms with Crippen molar-refractivity contribution in [3.63, 3.8) is 0 Å². The number of halogens is 6. The van der Waals surface area contributed by atoms with Crippen molar-refractivity contribution in [3.8, 4) is 0 Å². The Morgan fingerprint density at radius 3 is 1.98 bits per heavy atom. The van der Waals surface area contributed by atoms with E-state index in [-0.39, 0.29) is 5.04 Å². The first-order valence-electron chi connectivity index (χ1n) is 25.0. The van der Waals surface area contributed by atoms with E-state index in [4.69, 9.17) is 4.43 Å². The van der Waals surface area contributed by atoms with Crippen LogP contribution in [0.3, 0.4) is 0 Å². The molecule has 0 radical (unpaired) electrons. The molecule has 10 atom stereocenters. The molecule has 3 fully saturated rings. The summed E-state index contributed by atoms with van der Waals surface area (Å²) in [5.74, 6) is 7.95. The first-order chi connectivity index (χ1) is 30.3. The SMILES string of the molecule is CC(C)CCC[C@@H](C)[C@H]1CC[C@H]2[C@@H]3CC=C4C[C@H](SC[C@@H]5CC[N+]6=C(N[C@H](CO[Si](c7ccccc7)(c7ccccc7)C(C)(C)C)CC6)N5)CC[C@]4(C)[C@H]3CC[C@]12C.F[P-](F)(F)(F)(F)F. The second-order valence-electron chi connectivity index (χ2n) is 23.0. The van der Waals surface area contributed by atoms with Crippen LogP contribution < -0.4 is 21.0 Å². The Bertz CT molecular complexity index is 1950. The number of benzene rings is 2. The van der Waals surface area contributed by atoms with E-state index in [1.165, 1.54) is 99.1 Å². The summed E-state index contributed by atoms with van der Waals surface area (Å²) in [6.45, 7) is 23.0. The van der Waals surface area contributed by atoms with Gasteiger partial charge in [0.2, 0.25) is 0 Å². The summed E-state index contributed by atoms with van der Waals surface area (Å²) < 4.78 is 69.1. The zero-order valence-electron chi connectivity index (χ0n) is 40.5. The van der Waals surface area contributed by atoms with Crippen molar-refractivity contribution < 1.29 is 34.2 Å². The van der Waals surface area contributed by atoms with Crippen molar-refractivity contribution in [2.45, 2.75) is 161 Å². The minimum absolute atomic E-state index is 0.0104. The second-order valence-corrected chi connectivity index (χ2v) is 30.6. The molecule has 0 spiro atoms. The molecule has 13 heteroatoms. The van der Waals surface area contributed by atoms with E-state index in [9.17, 15) is 25.2 Å². The van der Waals surface area contributed by atoms with Crippen molar-refractivity contribution in [2.75, 3.05) is 25.4 Å². The fraction of sp³-hybridized carbons (Fsp3) is 0.712. The quantitative estimate of drug-likeness (QED) is 0.0689. The molecule has 2 heterocycles. The zero-order chi connectivity index (χ0) is 47.1. The average Bonchev–Trinajstić information content (AvgIpc) is 3.59. The van der Waals surface area contributed by atoms with Crippen LogP contribution in [0.25, 0.3) is 0 Å². The van der Waals surface area contributed by atoms with E-state index >= 15 is 0 Å². The standard InChI is InChI=1S/C52H79N3OSSi.F6P/c1-37(2)16-15-17-38(3)46-24-25-47-45-23-22-39-34-42(26-30-51(39,7)48(45)27-31-52(46,47)8)57-36-41-29-33-55-32-28-40(53-49(55)54-41)35-56-58(50(4,5)6,43-18-11-9-12-19-43)44-20-13-10-14-21-44;1-7(2,3,4,5)6/h9-14,18-22,37-38,40-42,45-48H,15-17,23-36H2,1-8H3,(H,53,54);/q;-1/p+1/t38-,40+,41+,42-,45+,46-,47+,48+,51+,52-;/m1./s1. The Morgan fingerprint density at radius 2 is 1.38 bits per heavy atom. The molecule has 0 bridgehead atoms. The van der Waals surface area contributed by atoms with Crippen molar-refractivity contribution in [3.05, 3.63) is 72.3 Å². The van der Waals surface area contributed by atoms with Crippen LogP contribution in [0.2, 0.25) is 5.04 Å². The van der Waals surface area contributed by atoms with E-state index in [1.54, 1.807) is 0 Å². The Labute approximate surface area is 392 Å². The predicted molar refractivity (Wildman–Crippen MR) is 265 cm³/mol. The summed E-state index contributed by atoms with van der Waals surface area (Å²) in [5.41, 5.74) is 2.88. The molecule has 0 unspecified atom stereocenters. The molecule has 4 aliphatic carbocycles. The van der Waals surface area contributed by atoms with Gasteiger partial charge in [-0.25, -0.2) is 0 Å². The molecule has 3 saturated carbocycles. The molecule has 8 rings (SSSR count). The van der Waals surface area contributed by atoms with Gasteiger partial charge in [0.15, 0.2) is 0 Å². The summed E-state index contributed by atoms with van der Waals surface area (Å²) in [6, 6.07) is 23.1. The summed E-state index contributed by atoms with van der Waals surface area (Å²) >= 11 is 2.28. The molecule has 6 aliphatic rings. The van der Waals surface area contributed by atoms with E-state index in [1.807, 2.05) is 5.57 Å². The molecule has 2 aromatic carbocycles. The Kier molecular flexibility index (Phi) is 14.6. The number of hydrogen-bond acceptors (Lipinski definition) is 4. The number of nitrogens with zero attached hydrogens (tertiary/aromatic N) is 1. The topological polar surface area (TPSA) is 36.3 Å². The number of fused-ring (bicyclic) bond motifs is 5. The molecular formula is C52H80F6N3OPSSi. The van der Waals surface area contributed by atoms with Crippen LogP contribution in [0.1, 0.15) is 139 Å². The Morgan fingerprint density at radius 1 is 0.785 bits per heavy atom. The molecule has 2 N–H and O–H groups in total. The number of hydrogen-bond donors (Lipinski definition) is 2. The summed E-state index contributed by atoms with van der Waals surface area (Å²) in [6.07, 6.45) is 20.9. The first kappa shape index (κ1) is 50.9. The molecule has 2 aromatic rings. The molecule has 366 valence electrons. The van der Waals surface area contributed by atoms with Crippen LogP contribution in [0.4, 0.5) is 25.2 Å². The fourth-order valence-corrected chi connectivity index (χ4v) is 19.9. The van der Waals surface area contributed by atoms with Crippen LogP contribution in [0.15, 0.2) is 72.3 Å². The molecule has 0 aromatic heterocycles. The number of allylic oxidation sites excluding steroid dienone is 2. The van der Waals surface area contributed by atoms with Gasteiger partial charge >= 0.3 is 38.9 Å². The van der Waals surface area contributed by atoms with Gasteiger partial charge in [-0.1, -0.05) is 147 Å². The van der Waals surface area contributed by atoms with Gasteiger partial charge < -0.3 is 4.43 Å². The van der Waals surface area contributed by atoms with Crippen molar-refractivity contribution in [1.29, 1.82) is 0 Å². The molecule has 0 saturated heterocycles. The number of thioether (sulfide) groups is 1. The third-order valence-corrected chi connectivity index (χ3v) is 23.7. The van der Waals surface area contributed by atoms with Gasteiger partial charge in [0.1, 0.15) is 0 Å². The predicted octanol–water partition coefficient (Wildman–Crippen LogP) is 14.2. The summed E-state index contributed by atoms with van der Waals surface area (Å²) in [4.78, 5) is 0. The van der Waals surface area contributed by atoms with Gasteiger partial charge in [0, 0.05) is 23.8 Å². The number of guanidine groups is 1. The van der Waals surface area contributed by atoms with Gasteiger partial charge in [-0.05, 0) is 113 Å². The Balaban J connectivity index is 0.000000833. The summed E-state index contributed by atoms with van der Waals surface area (Å²) in [7, 11) is -13.2. The molecule has 4 nitrogen and oxygen atoms in total.